The van der Waals surface area contributed by atoms with Crippen LogP contribution in [0.2, 0.25) is 0 Å². The van der Waals surface area contributed by atoms with Crippen LogP contribution in [-0.2, 0) is 25.5 Å². The molecule has 2 aromatic carbocycles. The molecule has 0 amide bonds. The van der Waals surface area contributed by atoms with Gasteiger partial charge in [0, 0.05) is 37.9 Å². The van der Waals surface area contributed by atoms with Crippen LogP contribution in [0.15, 0.2) is 97.5 Å². The average molecular weight is 632 g/mol. The molecule has 0 bridgehead atoms. The van der Waals surface area contributed by atoms with Gasteiger partial charge in [-0.15, -0.1) is 53.1 Å². The van der Waals surface area contributed by atoms with Crippen molar-refractivity contribution in [1.29, 1.82) is 0 Å². The number of aromatic nitrogens is 3. The Labute approximate surface area is 220 Å². The summed E-state index contributed by atoms with van der Waals surface area (Å²) < 4.78 is 0. The van der Waals surface area contributed by atoms with Crippen LogP contribution in [0.1, 0.15) is 30.5 Å². The summed E-state index contributed by atoms with van der Waals surface area (Å²) in [5.74, 6) is 0. The van der Waals surface area contributed by atoms with Gasteiger partial charge in [-0.1, -0.05) is 69.4 Å². The second-order valence-electron chi connectivity index (χ2n) is 8.89. The van der Waals surface area contributed by atoms with Crippen molar-refractivity contribution in [1.82, 2.24) is 15.0 Å². The molecule has 6 rings (SSSR count). The number of aryl methyl sites for hydroxylation is 1. The molecule has 1 aliphatic rings. The maximum absolute atomic E-state index is 4.69. The molecule has 0 spiro atoms. The van der Waals surface area contributed by atoms with Crippen LogP contribution in [0.3, 0.4) is 0 Å². The van der Waals surface area contributed by atoms with Crippen molar-refractivity contribution in [3.8, 4) is 33.6 Å². The molecule has 0 aliphatic heterocycles. The zero-order valence-electron chi connectivity index (χ0n) is 19.9. The molecule has 4 heteroatoms. The number of benzene rings is 2. The number of rotatable bonds is 2. The van der Waals surface area contributed by atoms with Gasteiger partial charge in [-0.05, 0) is 45.9 Å². The van der Waals surface area contributed by atoms with E-state index in [0.29, 0.717) is 0 Å². The van der Waals surface area contributed by atoms with E-state index >= 15 is 0 Å². The third-order valence-corrected chi connectivity index (χ3v) is 6.34. The zero-order chi connectivity index (χ0) is 23.5. The maximum atomic E-state index is 4.69. The molecular weight excluding hydrogens is 607 g/mol. The minimum atomic E-state index is 0. The van der Waals surface area contributed by atoms with Crippen molar-refractivity contribution in [2.45, 2.75) is 26.2 Å². The van der Waals surface area contributed by atoms with Crippen LogP contribution < -0.4 is 0 Å². The average Bonchev–Trinajstić information content (AvgIpc) is 3.12. The minimum absolute atomic E-state index is 0. The van der Waals surface area contributed by atoms with Crippen molar-refractivity contribution in [2.24, 2.45) is 0 Å². The zero-order valence-corrected chi connectivity index (χ0v) is 22.3. The molecule has 1 radical (unpaired) electrons. The van der Waals surface area contributed by atoms with Crippen LogP contribution in [0.5, 0.6) is 0 Å². The monoisotopic (exact) mass is 632 g/mol. The smallest absolute Gasteiger partial charge is 0.0207 e. The van der Waals surface area contributed by atoms with E-state index in [0.717, 1.165) is 28.1 Å². The first-order valence-electron chi connectivity index (χ1n) is 11.4. The quantitative estimate of drug-likeness (QED) is 0.195. The van der Waals surface area contributed by atoms with Gasteiger partial charge in [-0.2, -0.15) is 0 Å². The summed E-state index contributed by atoms with van der Waals surface area (Å²) in [7, 11) is 0. The van der Waals surface area contributed by atoms with Gasteiger partial charge in [0.05, 0.1) is 0 Å². The van der Waals surface area contributed by atoms with Gasteiger partial charge in [0.1, 0.15) is 0 Å². The van der Waals surface area contributed by atoms with Crippen LogP contribution in [0.25, 0.3) is 33.6 Å². The van der Waals surface area contributed by atoms with Gasteiger partial charge in [0.2, 0.25) is 0 Å². The fraction of sp³-hybridized carbons (Fsp3) is 0.129. The molecule has 0 N–H and O–H groups in total. The normalized spacial score (nSPS) is 12.4. The van der Waals surface area contributed by atoms with E-state index in [2.05, 4.69) is 78.3 Å². The predicted octanol–water partition coefficient (Wildman–Crippen LogP) is 7.10. The minimum Gasteiger partial charge on any atom is -0.360 e. The van der Waals surface area contributed by atoms with Gasteiger partial charge >= 0.3 is 0 Å². The van der Waals surface area contributed by atoms with Crippen LogP contribution >= 0.6 is 0 Å². The molecule has 0 fully saturated rings. The summed E-state index contributed by atoms with van der Waals surface area (Å²) in [6, 6.07) is 29.6. The second-order valence-corrected chi connectivity index (χ2v) is 8.89. The number of nitrogens with zero attached hydrogens (tertiary/aromatic N) is 3. The summed E-state index contributed by atoms with van der Waals surface area (Å²) in [4.78, 5) is 13.0. The Morgan fingerprint density at radius 3 is 2.29 bits per heavy atom. The van der Waals surface area contributed by atoms with Crippen molar-refractivity contribution in [3.63, 3.8) is 0 Å². The summed E-state index contributed by atoms with van der Waals surface area (Å²) in [5, 5.41) is 0. The van der Waals surface area contributed by atoms with Gasteiger partial charge in [-0.25, -0.2) is 0 Å². The van der Waals surface area contributed by atoms with Crippen LogP contribution in [0.4, 0.5) is 0 Å². The Balaban J connectivity index is 0.000000189. The van der Waals surface area contributed by atoms with Gasteiger partial charge < -0.3 is 15.0 Å². The van der Waals surface area contributed by atoms with Crippen molar-refractivity contribution in [3.05, 3.63) is 126 Å². The topological polar surface area (TPSA) is 38.7 Å². The molecule has 35 heavy (non-hydrogen) atoms. The summed E-state index contributed by atoms with van der Waals surface area (Å²) in [6.45, 7) is 6.60. The van der Waals surface area contributed by atoms with Crippen molar-refractivity contribution >= 4 is 0 Å². The Morgan fingerprint density at radius 1 is 0.743 bits per heavy atom. The maximum Gasteiger partial charge on any atom is 0.0207 e. The van der Waals surface area contributed by atoms with E-state index in [1.165, 1.54) is 22.3 Å². The summed E-state index contributed by atoms with van der Waals surface area (Å²) in [6.07, 6.45) is 8.65. The van der Waals surface area contributed by atoms with Gasteiger partial charge in [-0.3, -0.25) is 0 Å². The van der Waals surface area contributed by atoms with Crippen LogP contribution in [-0.4, -0.2) is 15.0 Å². The molecule has 0 saturated heterocycles. The molecule has 1 aliphatic carbocycles. The molecule has 3 nitrogen and oxygen atoms in total. The van der Waals surface area contributed by atoms with E-state index < -0.39 is 0 Å². The molecule has 0 unspecified atom stereocenters. The molecule has 0 atom stereocenters. The first kappa shape index (κ1) is 24.7. The van der Waals surface area contributed by atoms with Gasteiger partial charge in [0.15, 0.2) is 0 Å². The van der Waals surface area contributed by atoms with Gasteiger partial charge in [0.25, 0.3) is 0 Å². The Bertz CT molecular complexity index is 1390. The number of hydrogen-bond acceptors (Lipinski definition) is 3. The standard InChI is InChI=1S/C20H17N2.C11H8N.Ir/c1-13-8-9-21-11-16(13)19-10-15-14-6-4-5-7-17(14)20(2,3)18(15)12-22-19;1-2-6-10(7-3-1)11-8-4-5-9-12-11;/h4-10,12H,1-3H3;1-6,8-9H;/q2*-1;. The fourth-order valence-electron chi connectivity index (χ4n) is 4.48. The van der Waals surface area contributed by atoms with E-state index in [9.17, 15) is 0 Å². The van der Waals surface area contributed by atoms with Crippen molar-refractivity contribution in [2.75, 3.05) is 0 Å². The second kappa shape index (κ2) is 10.4. The molecule has 0 saturated carbocycles. The van der Waals surface area contributed by atoms with Crippen molar-refractivity contribution < 1.29 is 20.1 Å². The molecular formula is C31H25IrN3-2. The third-order valence-electron chi connectivity index (χ3n) is 6.34. The molecule has 5 aromatic rings. The Kier molecular flexibility index (Phi) is 7.35. The Morgan fingerprint density at radius 2 is 1.54 bits per heavy atom. The van der Waals surface area contributed by atoms with E-state index in [1.54, 1.807) is 12.4 Å². The van der Waals surface area contributed by atoms with Crippen LogP contribution in [0, 0.1) is 19.2 Å². The summed E-state index contributed by atoms with van der Waals surface area (Å²) >= 11 is 0. The first-order valence-corrected chi connectivity index (χ1v) is 11.4. The number of fused-ring (bicyclic) bond motifs is 3. The largest absolute Gasteiger partial charge is 0.360 e. The first-order chi connectivity index (χ1) is 16.6. The van der Waals surface area contributed by atoms with E-state index in [4.69, 9.17) is 0 Å². The number of pyridine rings is 3. The fourth-order valence-corrected chi connectivity index (χ4v) is 4.48. The SMILES string of the molecule is Cc1ccn[c-]c1-c1cc2c(cn1)C(C)(C)c1ccccc1-2.[Ir].[c-]1ccccc1-c1ccccn1. The summed E-state index contributed by atoms with van der Waals surface area (Å²) in [5.41, 5.74) is 10.3. The number of hydrogen-bond donors (Lipinski definition) is 0. The molecule has 3 aromatic heterocycles. The van der Waals surface area contributed by atoms with E-state index in [-0.39, 0.29) is 25.5 Å². The Hall–Kier alpha value is -3.46. The third kappa shape index (κ3) is 4.86. The molecule has 175 valence electrons. The predicted molar refractivity (Wildman–Crippen MR) is 137 cm³/mol. The molecule has 3 heterocycles. The van der Waals surface area contributed by atoms with E-state index in [1.807, 2.05) is 54.7 Å².